The molecule has 2 aromatic rings. The Hall–Kier alpha value is -2.10. The highest BCUT2D eigenvalue weighted by molar-refractivity contribution is 6.03. The van der Waals surface area contributed by atoms with E-state index >= 15 is 0 Å². The second-order valence-electron chi connectivity index (χ2n) is 5.28. The minimum Gasteiger partial charge on any atom is -0.305 e. The van der Waals surface area contributed by atoms with Crippen LogP contribution in [0.5, 0.6) is 0 Å². The van der Waals surface area contributed by atoms with Crippen LogP contribution >= 0.6 is 0 Å². The number of nitrogens with zero attached hydrogens (tertiary/aromatic N) is 1. The van der Waals surface area contributed by atoms with Gasteiger partial charge in [-0.05, 0) is 55.4 Å². The summed E-state index contributed by atoms with van der Waals surface area (Å²) in [4.78, 5) is 12.2. The maximum Gasteiger partial charge on any atom is 0.256 e. The lowest BCUT2D eigenvalue weighted by Crippen LogP contribution is -2.13. The number of rotatable bonds is 3. The van der Waals surface area contributed by atoms with Crippen molar-refractivity contribution in [1.29, 1.82) is 0 Å². The third-order valence-corrected chi connectivity index (χ3v) is 3.86. The van der Waals surface area contributed by atoms with E-state index in [0.29, 0.717) is 11.4 Å². The van der Waals surface area contributed by atoms with E-state index in [1.165, 1.54) is 24.0 Å². The van der Waals surface area contributed by atoms with Crippen molar-refractivity contribution < 1.29 is 4.79 Å². The average molecular weight is 269 g/mol. The molecular weight excluding hydrogens is 250 g/mol. The van der Waals surface area contributed by atoms with Gasteiger partial charge in [0, 0.05) is 17.3 Å². The number of H-pyrrole nitrogens is 1. The molecule has 2 N–H and O–H groups in total. The zero-order valence-corrected chi connectivity index (χ0v) is 11.7. The molecule has 1 aromatic heterocycles. The number of aromatic amines is 1. The molecular formula is C16H19N3O. The van der Waals surface area contributed by atoms with E-state index in [9.17, 15) is 4.79 Å². The molecule has 20 heavy (non-hydrogen) atoms. The van der Waals surface area contributed by atoms with Gasteiger partial charge in [-0.3, -0.25) is 9.89 Å². The largest absolute Gasteiger partial charge is 0.305 e. The van der Waals surface area contributed by atoms with Crippen LogP contribution in [0.1, 0.15) is 46.9 Å². The molecule has 1 amide bonds. The Morgan fingerprint density at radius 3 is 2.80 bits per heavy atom. The van der Waals surface area contributed by atoms with Gasteiger partial charge in [0.1, 0.15) is 0 Å². The minimum atomic E-state index is -0.0903. The molecule has 0 spiro atoms. The molecule has 104 valence electrons. The summed E-state index contributed by atoms with van der Waals surface area (Å²) in [5.74, 6) is 0.497. The Balaban J connectivity index is 1.76. The predicted molar refractivity (Wildman–Crippen MR) is 79.0 cm³/mol. The number of aryl methyl sites for hydroxylation is 3. The number of fused-ring (bicyclic) bond motifs is 1. The summed E-state index contributed by atoms with van der Waals surface area (Å²) in [6, 6.07) is 7.89. The second kappa shape index (κ2) is 5.49. The monoisotopic (exact) mass is 269 g/mol. The molecule has 3 rings (SSSR count). The third-order valence-electron chi connectivity index (χ3n) is 3.86. The van der Waals surface area contributed by atoms with Gasteiger partial charge < -0.3 is 5.32 Å². The summed E-state index contributed by atoms with van der Waals surface area (Å²) in [5.41, 5.74) is 4.44. The Bertz CT molecular complexity index is 630. The van der Waals surface area contributed by atoms with Crippen molar-refractivity contribution in [3.8, 4) is 0 Å². The lowest BCUT2D eigenvalue weighted by atomic mass is 9.90. The molecule has 0 unspecified atom stereocenters. The smallest absolute Gasteiger partial charge is 0.256 e. The number of hydrogen-bond donors (Lipinski definition) is 2. The summed E-state index contributed by atoms with van der Waals surface area (Å²) < 4.78 is 0. The molecule has 1 aliphatic carbocycles. The van der Waals surface area contributed by atoms with E-state index in [1.807, 2.05) is 25.1 Å². The highest BCUT2D eigenvalue weighted by Crippen LogP contribution is 2.22. The fourth-order valence-corrected chi connectivity index (χ4v) is 2.67. The first-order valence-corrected chi connectivity index (χ1v) is 7.23. The second-order valence-corrected chi connectivity index (χ2v) is 5.28. The van der Waals surface area contributed by atoms with E-state index in [-0.39, 0.29) is 5.91 Å². The standard InChI is InChI=1S/C16H19N3O/c1-2-14-10-15(19-18-14)17-16(20)13-8-7-11-5-3-4-6-12(11)9-13/h7-10H,2-6H2,1H3,(H2,17,18,19,20). The minimum absolute atomic E-state index is 0.0903. The molecule has 1 heterocycles. The average Bonchev–Trinajstić information content (AvgIpc) is 2.94. The van der Waals surface area contributed by atoms with Crippen molar-refractivity contribution in [2.75, 3.05) is 5.32 Å². The van der Waals surface area contributed by atoms with Crippen LogP contribution in [0.4, 0.5) is 5.82 Å². The predicted octanol–water partition coefficient (Wildman–Crippen LogP) is 3.10. The van der Waals surface area contributed by atoms with E-state index in [0.717, 1.165) is 25.0 Å². The molecule has 0 fully saturated rings. The maximum absolute atomic E-state index is 12.2. The first-order chi connectivity index (χ1) is 9.76. The Labute approximate surface area is 118 Å². The summed E-state index contributed by atoms with van der Waals surface area (Å²) >= 11 is 0. The maximum atomic E-state index is 12.2. The van der Waals surface area contributed by atoms with Crippen molar-refractivity contribution in [3.63, 3.8) is 0 Å². The zero-order valence-electron chi connectivity index (χ0n) is 11.7. The first-order valence-electron chi connectivity index (χ1n) is 7.23. The number of nitrogens with one attached hydrogen (secondary N) is 2. The number of amides is 1. The van der Waals surface area contributed by atoms with E-state index in [2.05, 4.69) is 21.6 Å². The first kappa shape index (κ1) is 12.9. The number of carbonyl (C=O) groups excluding carboxylic acids is 1. The van der Waals surface area contributed by atoms with Crippen LogP contribution < -0.4 is 5.32 Å². The van der Waals surface area contributed by atoms with Crippen LogP contribution in [0.15, 0.2) is 24.3 Å². The molecule has 0 saturated carbocycles. The van der Waals surface area contributed by atoms with E-state index in [4.69, 9.17) is 0 Å². The molecule has 1 aliphatic rings. The van der Waals surface area contributed by atoms with Gasteiger partial charge in [-0.2, -0.15) is 5.10 Å². The molecule has 0 saturated heterocycles. The van der Waals surface area contributed by atoms with Gasteiger partial charge in [0.2, 0.25) is 0 Å². The molecule has 1 aromatic carbocycles. The van der Waals surface area contributed by atoms with Crippen molar-refractivity contribution >= 4 is 11.7 Å². The van der Waals surface area contributed by atoms with E-state index in [1.54, 1.807) is 0 Å². The molecule has 4 nitrogen and oxygen atoms in total. The summed E-state index contributed by atoms with van der Waals surface area (Å²) in [5, 5.41) is 9.82. The number of hydrogen-bond acceptors (Lipinski definition) is 2. The fourth-order valence-electron chi connectivity index (χ4n) is 2.67. The van der Waals surface area contributed by atoms with Crippen LogP contribution in [0.2, 0.25) is 0 Å². The number of benzene rings is 1. The van der Waals surface area contributed by atoms with Gasteiger partial charge in [0.25, 0.3) is 5.91 Å². The van der Waals surface area contributed by atoms with Crippen LogP contribution in [0, 0.1) is 0 Å². The highest BCUT2D eigenvalue weighted by Gasteiger charge is 2.13. The van der Waals surface area contributed by atoms with Crippen LogP contribution in [0.25, 0.3) is 0 Å². The summed E-state index contributed by atoms with van der Waals surface area (Å²) in [7, 11) is 0. The van der Waals surface area contributed by atoms with Crippen molar-refractivity contribution in [3.05, 3.63) is 46.6 Å². The summed E-state index contributed by atoms with van der Waals surface area (Å²) in [6.45, 7) is 2.04. The molecule has 0 radical (unpaired) electrons. The Kier molecular flexibility index (Phi) is 3.54. The fraction of sp³-hybridized carbons (Fsp3) is 0.375. The van der Waals surface area contributed by atoms with Crippen LogP contribution in [-0.4, -0.2) is 16.1 Å². The van der Waals surface area contributed by atoms with Crippen LogP contribution in [0.3, 0.4) is 0 Å². The number of aromatic nitrogens is 2. The van der Waals surface area contributed by atoms with Gasteiger partial charge in [-0.15, -0.1) is 0 Å². The molecule has 0 aliphatic heterocycles. The molecule has 0 atom stereocenters. The lowest BCUT2D eigenvalue weighted by Gasteiger charge is -2.16. The topological polar surface area (TPSA) is 57.8 Å². The van der Waals surface area contributed by atoms with Gasteiger partial charge in [0.15, 0.2) is 5.82 Å². The van der Waals surface area contributed by atoms with Gasteiger partial charge in [0.05, 0.1) is 0 Å². The SMILES string of the molecule is CCc1cc(NC(=O)c2ccc3c(c2)CCCC3)n[nH]1. The molecule has 0 bridgehead atoms. The Morgan fingerprint density at radius 2 is 2.05 bits per heavy atom. The normalized spacial score (nSPS) is 13.8. The quantitative estimate of drug-likeness (QED) is 0.899. The Morgan fingerprint density at radius 1 is 1.25 bits per heavy atom. The van der Waals surface area contributed by atoms with Gasteiger partial charge in [-0.1, -0.05) is 13.0 Å². The van der Waals surface area contributed by atoms with Crippen molar-refractivity contribution in [2.24, 2.45) is 0 Å². The number of anilines is 1. The van der Waals surface area contributed by atoms with Crippen molar-refractivity contribution in [2.45, 2.75) is 39.0 Å². The van der Waals surface area contributed by atoms with Gasteiger partial charge in [-0.25, -0.2) is 0 Å². The highest BCUT2D eigenvalue weighted by atomic mass is 16.1. The van der Waals surface area contributed by atoms with Gasteiger partial charge >= 0.3 is 0 Å². The number of carbonyl (C=O) groups is 1. The molecule has 4 heteroatoms. The zero-order chi connectivity index (χ0) is 13.9. The van der Waals surface area contributed by atoms with E-state index < -0.39 is 0 Å². The van der Waals surface area contributed by atoms with Crippen molar-refractivity contribution in [1.82, 2.24) is 10.2 Å². The summed E-state index contributed by atoms with van der Waals surface area (Å²) in [6.07, 6.45) is 5.57. The lowest BCUT2D eigenvalue weighted by molar-refractivity contribution is 0.102. The third kappa shape index (κ3) is 2.59. The van der Waals surface area contributed by atoms with Crippen LogP contribution in [-0.2, 0) is 19.3 Å².